The molecule has 0 bridgehead atoms. The summed E-state index contributed by atoms with van der Waals surface area (Å²) in [4.78, 5) is 30.0. The smallest absolute Gasteiger partial charge is 0.282 e. The molecule has 0 aliphatic rings. The highest BCUT2D eigenvalue weighted by molar-refractivity contribution is 9.10. The summed E-state index contributed by atoms with van der Waals surface area (Å²) in [6.45, 7) is 3.76. The molecule has 0 radical (unpaired) electrons. The van der Waals surface area contributed by atoms with E-state index in [9.17, 15) is 9.59 Å². The summed E-state index contributed by atoms with van der Waals surface area (Å²) in [6, 6.07) is 19.3. The summed E-state index contributed by atoms with van der Waals surface area (Å²) >= 11 is 9.27. The number of amides is 1. The van der Waals surface area contributed by atoms with Crippen LogP contribution in [0.15, 0.2) is 81.1 Å². The number of carbonyl (C=O) groups is 1. The largest absolute Gasteiger partial charge is 0.484 e. The molecule has 4 aromatic rings. The van der Waals surface area contributed by atoms with Crippen molar-refractivity contribution >= 4 is 56.2 Å². The lowest BCUT2D eigenvalue weighted by Crippen LogP contribution is -2.23. The standard InChI is InChI=1S/C26H22BrClN4O3/c1-16(2)25-31-23-11-6-18(27)13-22(23)26(34)32(25)29-14-17-4-3-5-21(12-17)35-15-24(33)30-20-9-7-19(28)8-10-20/h3-14,16H,15H2,1-2H3,(H,30,33). The van der Waals surface area contributed by atoms with Gasteiger partial charge in [-0.15, -0.1) is 0 Å². The van der Waals surface area contributed by atoms with Crippen LogP contribution in [0.5, 0.6) is 5.75 Å². The van der Waals surface area contributed by atoms with Gasteiger partial charge in [-0.25, -0.2) is 4.98 Å². The lowest BCUT2D eigenvalue weighted by Gasteiger charge is -2.12. The minimum Gasteiger partial charge on any atom is -0.484 e. The highest BCUT2D eigenvalue weighted by Gasteiger charge is 2.14. The molecule has 0 aliphatic heterocycles. The maximum absolute atomic E-state index is 13.2. The van der Waals surface area contributed by atoms with Crippen molar-refractivity contribution in [3.8, 4) is 5.75 Å². The van der Waals surface area contributed by atoms with E-state index in [1.165, 1.54) is 4.68 Å². The van der Waals surface area contributed by atoms with Crippen LogP contribution in [0.25, 0.3) is 10.9 Å². The van der Waals surface area contributed by atoms with Gasteiger partial charge >= 0.3 is 0 Å². The van der Waals surface area contributed by atoms with Gasteiger partial charge < -0.3 is 10.1 Å². The molecule has 0 aliphatic carbocycles. The van der Waals surface area contributed by atoms with Gasteiger partial charge in [-0.05, 0) is 60.2 Å². The molecule has 0 saturated carbocycles. The number of nitrogens with one attached hydrogen (secondary N) is 1. The van der Waals surface area contributed by atoms with Crippen molar-refractivity contribution in [2.45, 2.75) is 19.8 Å². The van der Waals surface area contributed by atoms with Crippen LogP contribution in [0, 0.1) is 0 Å². The summed E-state index contributed by atoms with van der Waals surface area (Å²) in [5.41, 5.74) is 1.71. The first kappa shape index (κ1) is 24.6. The number of fused-ring (bicyclic) bond motifs is 1. The van der Waals surface area contributed by atoms with Gasteiger partial charge in [0, 0.05) is 21.1 Å². The second-order valence-electron chi connectivity index (χ2n) is 8.06. The van der Waals surface area contributed by atoms with Gasteiger partial charge in [0.1, 0.15) is 11.6 Å². The quantitative estimate of drug-likeness (QED) is 0.292. The second kappa shape index (κ2) is 10.8. The van der Waals surface area contributed by atoms with E-state index in [1.54, 1.807) is 54.7 Å². The number of ether oxygens (including phenoxy) is 1. The highest BCUT2D eigenvalue weighted by atomic mass is 79.9. The second-order valence-corrected chi connectivity index (χ2v) is 9.42. The highest BCUT2D eigenvalue weighted by Crippen LogP contribution is 2.19. The summed E-state index contributed by atoms with van der Waals surface area (Å²) in [5.74, 6) is 0.749. The van der Waals surface area contributed by atoms with Crippen molar-refractivity contribution in [3.05, 3.63) is 98.0 Å². The number of carbonyl (C=O) groups excluding carboxylic acids is 1. The molecule has 1 amide bonds. The third-order valence-electron chi connectivity index (χ3n) is 5.03. The number of nitrogens with zero attached hydrogens (tertiary/aromatic N) is 3. The van der Waals surface area contributed by atoms with E-state index >= 15 is 0 Å². The zero-order chi connectivity index (χ0) is 24.9. The fourth-order valence-corrected chi connectivity index (χ4v) is 3.83. The average Bonchev–Trinajstić information content (AvgIpc) is 2.84. The van der Waals surface area contributed by atoms with E-state index < -0.39 is 0 Å². The fraction of sp³-hybridized carbons (Fsp3) is 0.154. The van der Waals surface area contributed by atoms with Gasteiger partial charge in [0.05, 0.1) is 17.1 Å². The molecule has 0 unspecified atom stereocenters. The number of hydrogen-bond donors (Lipinski definition) is 1. The zero-order valence-electron chi connectivity index (χ0n) is 19.0. The molecule has 0 atom stereocenters. The Morgan fingerprint density at radius 2 is 1.94 bits per heavy atom. The molecule has 1 heterocycles. The van der Waals surface area contributed by atoms with Crippen molar-refractivity contribution in [2.24, 2.45) is 5.10 Å². The fourth-order valence-electron chi connectivity index (χ4n) is 3.34. The van der Waals surface area contributed by atoms with Crippen LogP contribution in [0.4, 0.5) is 5.69 Å². The van der Waals surface area contributed by atoms with E-state index in [4.69, 9.17) is 16.3 Å². The molecular weight excluding hydrogens is 532 g/mol. The van der Waals surface area contributed by atoms with E-state index in [-0.39, 0.29) is 24.0 Å². The van der Waals surface area contributed by atoms with E-state index in [0.29, 0.717) is 38.8 Å². The molecule has 0 saturated heterocycles. The number of rotatable bonds is 7. The maximum Gasteiger partial charge on any atom is 0.282 e. The van der Waals surface area contributed by atoms with Gasteiger partial charge in [-0.1, -0.05) is 53.5 Å². The Hall–Kier alpha value is -3.49. The number of aromatic nitrogens is 2. The maximum atomic E-state index is 13.2. The Labute approximate surface area is 215 Å². The zero-order valence-corrected chi connectivity index (χ0v) is 21.4. The Balaban J connectivity index is 1.51. The minimum absolute atomic E-state index is 0.0123. The number of benzene rings is 3. The topological polar surface area (TPSA) is 85.6 Å². The van der Waals surface area contributed by atoms with Crippen LogP contribution in [-0.2, 0) is 4.79 Å². The molecule has 35 heavy (non-hydrogen) atoms. The van der Waals surface area contributed by atoms with Crippen LogP contribution in [-0.4, -0.2) is 28.4 Å². The van der Waals surface area contributed by atoms with Gasteiger partial charge in [0.2, 0.25) is 0 Å². The normalized spacial score (nSPS) is 11.3. The summed E-state index contributed by atoms with van der Waals surface area (Å²) in [7, 11) is 0. The molecule has 9 heteroatoms. The van der Waals surface area contributed by atoms with Crippen LogP contribution >= 0.6 is 27.5 Å². The van der Waals surface area contributed by atoms with Gasteiger partial charge in [-0.2, -0.15) is 9.78 Å². The van der Waals surface area contributed by atoms with Crippen molar-refractivity contribution in [1.29, 1.82) is 0 Å². The molecule has 7 nitrogen and oxygen atoms in total. The molecule has 4 rings (SSSR count). The molecule has 0 spiro atoms. The first-order valence-corrected chi connectivity index (χ1v) is 12.0. The van der Waals surface area contributed by atoms with Gasteiger partial charge in [0.25, 0.3) is 11.5 Å². The Bertz CT molecular complexity index is 1470. The van der Waals surface area contributed by atoms with Crippen LogP contribution in [0.2, 0.25) is 5.02 Å². The van der Waals surface area contributed by atoms with Crippen molar-refractivity contribution in [1.82, 2.24) is 9.66 Å². The summed E-state index contributed by atoms with van der Waals surface area (Å²) in [5, 5.41) is 8.24. The third-order valence-corrected chi connectivity index (χ3v) is 5.77. The molecule has 3 aromatic carbocycles. The predicted octanol–water partition coefficient (Wildman–Crippen LogP) is 5.84. The van der Waals surface area contributed by atoms with E-state index in [1.807, 2.05) is 32.0 Å². The average molecular weight is 554 g/mol. The number of halogens is 2. The van der Waals surface area contributed by atoms with Crippen molar-refractivity contribution < 1.29 is 9.53 Å². The Kier molecular flexibility index (Phi) is 7.63. The molecule has 0 fully saturated rings. The SMILES string of the molecule is CC(C)c1nc2ccc(Br)cc2c(=O)n1N=Cc1cccc(OCC(=O)Nc2ccc(Cl)cc2)c1. The van der Waals surface area contributed by atoms with E-state index in [2.05, 4.69) is 31.3 Å². The van der Waals surface area contributed by atoms with Crippen LogP contribution < -0.4 is 15.6 Å². The first-order chi connectivity index (χ1) is 16.8. The molecule has 1 aromatic heterocycles. The van der Waals surface area contributed by atoms with Crippen molar-refractivity contribution in [2.75, 3.05) is 11.9 Å². The molecule has 1 N–H and O–H groups in total. The Morgan fingerprint density at radius 1 is 1.17 bits per heavy atom. The van der Waals surface area contributed by atoms with Crippen molar-refractivity contribution in [3.63, 3.8) is 0 Å². The lowest BCUT2D eigenvalue weighted by atomic mass is 10.2. The minimum atomic E-state index is -0.298. The predicted molar refractivity (Wildman–Crippen MR) is 143 cm³/mol. The van der Waals surface area contributed by atoms with Crippen LogP contribution in [0.3, 0.4) is 0 Å². The van der Waals surface area contributed by atoms with Crippen LogP contribution in [0.1, 0.15) is 31.2 Å². The monoisotopic (exact) mass is 552 g/mol. The number of anilines is 1. The first-order valence-electron chi connectivity index (χ1n) is 10.8. The molecule has 178 valence electrons. The third kappa shape index (κ3) is 6.15. The summed E-state index contributed by atoms with van der Waals surface area (Å²) < 4.78 is 7.75. The Morgan fingerprint density at radius 3 is 2.69 bits per heavy atom. The van der Waals surface area contributed by atoms with Gasteiger partial charge in [-0.3, -0.25) is 9.59 Å². The summed E-state index contributed by atoms with van der Waals surface area (Å²) in [6.07, 6.45) is 1.57. The lowest BCUT2D eigenvalue weighted by molar-refractivity contribution is -0.118. The number of hydrogen-bond acceptors (Lipinski definition) is 5. The molecular formula is C26H22BrClN4O3. The van der Waals surface area contributed by atoms with Gasteiger partial charge in [0.15, 0.2) is 6.61 Å². The van der Waals surface area contributed by atoms with E-state index in [0.717, 1.165) is 4.47 Å².